The second-order valence-corrected chi connectivity index (χ2v) is 8.71. The van der Waals surface area contributed by atoms with Gasteiger partial charge >= 0.3 is 0 Å². The van der Waals surface area contributed by atoms with Crippen LogP contribution in [0.3, 0.4) is 0 Å². The molecule has 1 heterocycles. The predicted molar refractivity (Wildman–Crippen MR) is 85.6 cm³/mol. The molecule has 1 aliphatic rings. The molecular formula is C14H21FN2O2S2. The molecule has 2 N–H and O–H groups in total. The van der Waals surface area contributed by atoms with Gasteiger partial charge in [0.05, 0.1) is 0 Å². The van der Waals surface area contributed by atoms with Crippen LogP contribution in [0.4, 0.5) is 4.39 Å². The van der Waals surface area contributed by atoms with Crippen LogP contribution in [-0.4, -0.2) is 49.5 Å². The fraction of sp³-hybridized carbons (Fsp3) is 0.571. The third-order valence-corrected chi connectivity index (χ3v) is 6.47. The number of rotatable bonds is 4. The number of halogens is 1. The molecule has 0 bridgehead atoms. The van der Waals surface area contributed by atoms with Crippen LogP contribution in [0.2, 0.25) is 0 Å². The van der Waals surface area contributed by atoms with Crippen LogP contribution < -0.4 is 5.73 Å². The average Bonchev–Trinajstić information content (AvgIpc) is 2.43. The van der Waals surface area contributed by atoms with Gasteiger partial charge in [0, 0.05) is 36.9 Å². The van der Waals surface area contributed by atoms with Gasteiger partial charge in [-0.05, 0) is 24.1 Å². The van der Waals surface area contributed by atoms with Gasteiger partial charge in [-0.25, -0.2) is 12.8 Å². The van der Waals surface area contributed by atoms with E-state index < -0.39 is 15.2 Å². The third kappa shape index (κ3) is 3.77. The van der Waals surface area contributed by atoms with E-state index in [1.165, 1.54) is 12.3 Å². The van der Waals surface area contributed by atoms with Crippen molar-refractivity contribution < 1.29 is 12.8 Å². The zero-order chi connectivity index (χ0) is 15.6. The maximum Gasteiger partial charge on any atom is 0.164 e. The Morgan fingerprint density at radius 2 is 2.24 bits per heavy atom. The molecule has 0 saturated carbocycles. The molecule has 1 saturated heterocycles. The smallest absolute Gasteiger partial charge is 0.164 e. The molecule has 0 spiro atoms. The maximum absolute atomic E-state index is 13.4. The summed E-state index contributed by atoms with van der Waals surface area (Å²) in [4.78, 5) is 1.94. The maximum atomic E-state index is 13.4. The first kappa shape index (κ1) is 16.7. The summed E-state index contributed by atoms with van der Waals surface area (Å²) >= 11 is 1.64. The van der Waals surface area contributed by atoms with Gasteiger partial charge < -0.3 is 5.73 Å². The van der Waals surface area contributed by atoms with E-state index >= 15 is 0 Å². The van der Waals surface area contributed by atoms with Gasteiger partial charge in [0.2, 0.25) is 0 Å². The Morgan fingerprint density at radius 3 is 2.81 bits per heavy atom. The fourth-order valence-corrected chi connectivity index (χ4v) is 5.58. The van der Waals surface area contributed by atoms with Gasteiger partial charge in [-0.3, -0.25) is 4.90 Å². The van der Waals surface area contributed by atoms with Crippen LogP contribution in [0.15, 0.2) is 18.2 Å². The fourth-order valence-electron chi connectivity index (χ4n) is 2.66. The minimum Gasteiger partial charge on any atom is -0.329 e. The number of sulfone groups is 1. The number of nitrogens with zero attached hydrogens (tertiary/aromatic N) is 1. The summed E-state index contributed by atoms with van der Waals surface area (Å²) in [6.07, 6.45) is 1.26. The normalized spacial score (nSPS) is 22.2. The minimum atomic E-state index is -3.18. The molecule has 118 valence electrons. The van der Waals surface area contributed by atoms with Crippen LogP contribution in [0.1, 0.15) is 17.2 Å². The van der Waals surface area contributed by atoms with E-state index in [2.05, 4.69) is 0 Å². The Labute approximate surface area is 129 Å². The molecule has 0 aromatic heterocycles. The van der Waals surface area contributed by atoms with Gasteiger partial charge in [-0.15, -0.1) is 0 Å². The molecule has 2 atom stereocenters. The topological polar surface area (TPSA) is 63.4 Å². The predicted octanol–water partition coefficient (Wildman–Crippen LogP) is 1.55. The molecule has 1 fully saturated rings. The van der Waals surface area contributed by atoms with Crippen molar-refractivity contribution in [3.05, 3.63) is 35.1 Å². The van der Waals surface area contributed by atoms with E-state index in [1.54, 1.807) is 30.8 Å². The third-order valence-electron chi connectivity index (χ3n) is 3.81. The van der Waals surface area contributed by atoms with Crippen LogP contribution in [0, 0.1) is 12.7 Å². The summed E-state index contributed by atoms with van der Waals surface area (Å²) in [5.74, 6) is 1.17. The molecule has 1 aromatic rings. The highest BCUT2D eigenvalue weighted by Gasteiger charge is 2.35. The molecule has 0 aliphatic carbocycles. The van der Waals surface area contributed by atoms with Crippen molar-refractivity contribution >= 4 is 21.6 Å². The van der Waals surface area contributed by atoms with Crippen molar-refractivity contribution in [2.45, 2.75) is 18.3 Å². The Hall–Kier alpha value is -0.630. The lowest BCUT2D eigenvalue weighted by Crippen LogP contribution is -2.50. The molecule has 1 aromatic carbocycles. The van der Waals surface area contributed by atoms with E-state index in [0.717, 1.165) is 11.3 Å². The number of benzene rings is 1. The van der Waals surface area contributed by atoms with E-state index in [9.17, 15) is 12.8 Å². The van der Waals surface area contributed by atoms with Crippen LogP contribution in [0.5, 0.6) is 0 Å². The first-order valence-electron chi connectivity index (χ1n) is 6.83. The summed E-state index contributed by atoms with van der Waals surface area (Å²) in [7, 11) is -3.18. The van der Waals surface area contributed by atoms with Crippen LogP contribution in [0.25, 0.3) is 0 Å². The number of thioether (sulfide) groups is 1. The van der Waals surface area contributed by atoms with E-state index in [0.29, 0.717) is 24.4 Å². The highest BCUT2D eigenvalue weighted by molar-refractivity contribution is 8.00. The molecule has 1 aliphatic heterocycles. The zero-order valence-corrected chi connectivity index (χ0v) is 13.9. The summed E-state index contributed by atoms with van der Waals surface area (Å²) in [5, 5.41) is -0.532. The Kier molecular flexibility index (Phi) is 5.29. The molecule has 0 radical (unpaired) electrons. The highest BCUT2D eigenvalue weighted by atomic mass is 32.2. The number of hydrogen-bond acceptors (Lipinski definition) is 5. The summed E-state index contributed by atoms with van der Waals surface area (Å²) < 4.78 is 37.5. The lowest BCUT2D eigenvalue weighted by molar-refractivity contribution is 0.198. The molecule has 4 nitrogen and oxygen atoms in total. The van der Waals surface area contributed by atoms with Gasteiger partial charge in [0.25, 0.3) is 0 Å². The van der Waals surface area contributed by atoms with Crippen molar-refractivity contribution in [2.75, 3.05) is 30.9 Å². The largest absolute Gasteiger partial charge is 0.329 e. The molecule has 21 heavy (non-hydrogen) atoms. The number of hydrogen-bond donors (Lipinski definition) is 1. The quantitative estimate of drug-likeness (QED) is 0.906. The Morgan fingerprint density at radius 1 is 1.52 bits per heavy atom. The molecule has 7 heteroatoms. The van der Waals surface area contributed by atoms with Crippen molar-refractivity contribution in [1.82, 2.24) is 4.90 Å². The SMILES string of the molecule is Cc1cc(C(CN)N2CCSCC2S(C)(=O)=O)ccc1F. The van der Waals surface area contributed by atoms with Gasteiger partial charge in [0.15, 0.2) is 9.84 Å². The van der Waals surface area contributed by atoms with E-state index in [4.69, 9.17) is 5.73 Å². The summed E-state index contributed by atoms with van der Waals surface area (Å²) in [6, 6.07) is 4.67. The monoisotopic (exact) mass is 332 g/mol. The molecule has 0 amide bonds. The number of nitrogens with two attached hydrogens (primary N) is 1. The van der Waals surface area contributed by atoms with Gasteiger partial charge in [-0.1, -0.05) is 12.1 Å². The first-order chi connectivity index (χ1) is 9.84. The van der Waals surface area contributed by atoms with Gasteiger partial charge in [-0.2, -0.15) is 11.8 Å². The zero-order valence-electron chi connectivity index (χ0n) is 12.3. The van der Waals surface area contributed by atoms with Gasteiger partial charge in [0.1, 0.15) is 11.2 Å². The second kappa shape index (κ2) is 6.64. The lowest BCUT2D eigenvalue weighted by atomic mass is 10.0. The van der Waals surface area contributed by atoms with Crippen molar-refractivity contribution in [2.24, 2.45) is 5.73 Å². The Balaban J connectivity index is 2.36. The second-order valence-electron chi connectivity index (χ2n) is 5.36. The highest BCUT2D eigenvalue weighted by Crippen LogP contribution is 2.30. The first-order valence-corrected chi connectivity index (χ1v) is 9.94. The number of aryl methyl sites for hydroxylation is 1. The van der Waals surface area contributed by atoms with Crippen molar-refractivity contribution in [3.63, 3.8) is 0 Å². The van der Waals surface area contributed by atoms with Crippen LogP contribution in [-0.2, 0) is 9.84 Å². The standard InChI is InChI=1S/C14H21FN2O2S2/c1-10-7-11(3-4-12(10)15)13(8-16)17-5-6-20-9-14(17)21(2,18)19/h3-4,7,13-14H,5-6,8-9,16H2,1-2H3. The van der Waals surface area contributed by atoms with Crippen molar-refractivity contribution in [1.29, 1.82) is 0 Å². The van der Waals surface area contributed by atoms with Crippen molar-refractivity contribution in [3.8, 4) is 0 Å². The molecule has 2 rings (SSSR count). The molecule has 2 unspecified atom stereocenters. The molecular weight excluding hydrogens is 311 g/mol. The Bertz CT molecular complexity index is 607. The minimum absolute atomic E-state index is 0.204. The summed E-state index contributed by atoms with van der Waals surface area (Å²) in [5.41, 5.74) is 7.31. The van der Waals surface area contributed by atoms with E-state index in [1.807, 2.05) is 4.90 Å². The van der Waals surface area contributed by atoms with Crippen LogP contribution >= 0.6 is 11.8 Å². The lowest BCUT2D eigenvalue weighted by Gasteiger charge is -2.39. The average molecular weight is 332 g/mol. The van der Waals surface area contributed by atoms with E-state index in [-0.39, 0.29) is 11.9 Å². The summed E-state index contributed by atoms with van der Waals surface area (Å²) in [6.45, 7) is 2.68.